The zero-order valence-corrected chi connectivity index (χ0v) is 20.3. The molecule has 0 atom stereocenters. The lowest BCUT2D eigenvalue weighted by Crippen LogP contribution is -2.38. The second-order valence-electron chi connectivity index (χ2n) is 7.65. The Balaban J connectivity index is 0.00000300. The summed E-state index contributed by atoms with van der Waals surface area (Å²) in [4.78, 5) is 4.75. The largest absolute Gasteiger partial charge is 0.357 e. The third-order valence-corrected chi connectivity index (χ3v) is 5.31. The molecule has 160 valence electrons. The predicted molar refractivity (Wildman–Crippen MR) is 130 cm³/mol. The zero-order chi connectivity index (χ0) is 19.8. The van der Waals surface area contributed by atoms with Gasteiger partial charge >= 0.3 is 0 Å². The number of guanidine groups is 1. The number of aromatic nitrogens is 3. The lowest BCUT2D eigenvalue weighted by atomic mass is 10.1. The molecular weight excluding hydrogens is 475 g/mol. The highest BCUT2D eigenvalue weighted by atomic mass is 127. The number of rotatable bonds is 7. The normalized spacial score (nSPS) is 14.0. The molecule has 0 amide bonds. The molecule has 3 rings (SSSR count). The first kappa shape index (κ1) is 23.6. The van der Waals surface area contributed by atoms with Crippen molar-refractivity contribution in [3.05, 3.63) is 46.5 Å². The van der Waals surface area contributed by atoms with Crippen molar-refractivity contribution < 1.29 is 0 Å². The van der Waals surface area contributed by atoms with Gasteiger partial charge in [-0.25, -0.2) is 4.99 Å². The molecule has 0 saturated carbocycles. The van der Waals surface area contributed by atoms with Crippen molar-refractivity contribution in [2.75, 3.05) is 13.1 Å². The summed E-state index contributed by atoms with van der Waals surface area (Å²) in [5.74, 6) is 3.18. The van der Waals surface area contributed by atoms with Crippen LogP contribution in [0.15, 0.2) is 23.2 Å². The lowest BCUT2D eigenvalue weighted by Gasteiger charge is -2.12. The number of benzene rings is 1. The van der Waals surface area contributed by atoms with Gasteiger partial charge in [0.1, 0.15) is 11.6 Å². The van der Waals surface area contributed by atoms with Gasteiger partial charge in [-0.05, 0) is 51.2 Å². The van der Waals surface area contributed by atoms with Crippen molar-refractivity contribution in [2.24, 2.45) is 4.99 Å². The first-order chi connectivity index (χ1) is 13.7. The second kappa shape index (κ2) is 12.1. The van der Waals surface area contributed by atoms with E-state index in [9.17, 15) is 0 Å². The number of nitrogens with zero attached hydrogens (tertiary/aromatic N) is 4. The summed E-state index contributed by atoms with van der Waals surface area (Å²) >= 11 is 0. The fourth-order valence-corrected chi connectivity index (χ4v) is 3.71. The van der Waals surface area contributed by atoms with Gasteiger partial charge < -0.3 is 15.2 Å². The van der Waals surface area contributed by atoms with Gasteiger partial charge in [-0.15, -0.1) is 34.2 Å². The minimum Gasteiger partial charge on any atom is -0.357 e. The van der Waals surface area contributed by atoms with Crippen LogP contribution in [0.4, 0.5) is 0 Å². The molecule has 7 heteroatoms. The van der Waals surface area contributed by atoms with E-state index < -0.39 is 0 Å². The van der Waals surface area contributed by atoms with Crippen molar-refractivity contribution in [3.8, 4) is 0 Å². The van der Waals surface area contributed by atoms with Crippen molar-refractivity contribution in [1.29, 1.82) is 0 Å². The third-order valence-electron chi connectivity index (χ3n) is 5.31. The minimum atomic E-state index is 0. The zero-order valence-electron chi connectivity index (χ0n) is 18.0. The first-order valence-electron chi connectivity index (χ1n) is 10.7. The molecule has 0 aliphatic carbocycles. The third kappa shape index (κ3) is 6.97. The highest BCUT2D eigenvalue weighted by Crippen LogP contribution is 2.15. The number of halogens is 1. The molecule has 2 aromatic rings. The highest BCUT2D eigenvalue weighted by molar-refractivity contribution is 14.0. The summed E-state index contributed by atoms with van der Waals surface area (Å²) in [6, 6.07) is 6.54. The average molecular weight is 510 g/mol. The van der Waals surface area contributed by atoms with E-state index in [-0.39, 0.29) is 24.0 Å². The average Bonchev–Trinajstić information content (AvgIpc) is 2.90. The number of aryl methyl sites for hydroxylation is 4. The summed E-state index contributed by atoms with van der Waals surface area (Å²) in [7, 11) is 0. The number of hydrogen-bond donors (Lipinski definition) is 2. The minimum absolute atomic E-state index is 0. The van der Waals surface area contributed by atoms with Crippen LogP contribution < -0.4 is 10.6 Å². The topological polar surface area (TPSA) is 67.1 Å². The molecule has 0 fully saturated rings. The van der Waals surface area contributed by atoms with Crippen LogP contribution in [0.25, 0.3) is 0 Å². The molecule has 0 spiro atoms. The Labute approximate surface area is 192 Å². The van der Waals surface area contributed by atoms with Crippen molar-refractivity contribution >= 4 is 29.9 Å². The Morgan fingerprint density at radius 3 is 2.79 bits per heavy atom. The molecular formula is C22H35IN6. The van der Waals surface area contributed by atoms with Gasteiger partial charge in [0.2, 0.25) is 0 Å². The monoisotopic (exact) mass is 510 g/mol. The number of aliphatic imine (C=N–C) groups is 1. The Morgan fingerprint density at radius 2 is 2.00 bits per heavy atom. The van der Waals surface area contributed by atoms with Gasteiger partial charge in [-0.3, -0.25) is 0 Å². The van der Waals surface area contributed by atoms with Crippen LogP contribution >= 0.6 is 24.0 Å². The maximum Gasteiger partial charge on any atom is 0.191 e. The van der Waals surface area contributed by atoms with Gasteiger partial charge in [0, 0.05) is 32.5 Å². The summed E-state index contributed by atoms with van der Waals surface area (Å²) < 4.78 is 2.34. The van der Waals surface area contributed by atoms with E-state index in [0.717, 1.165) is 50.7 Å². The molecule has 2 heterocycles. The Morgan fingerprint density at radius 1 is 1.14 bits per heavy atom. The molecule has 0 unspecified atom stereocenters. The van der Waals surface area contributed by atoms with E-state index in [1.165, 1.54) is 41.8 Å². The van der Waals surface area contributed by atoms with E-state index in [4.69, 9.17) is 4.99 Å². The second-order valence-corrected chi connectivity index (χ2v) is 7.65. The maximum absolute atomic E-state index is 4.75. The molecule has 29 heavy (non-hydrogen) atoms. The summed E-state index contributed by atoms with van der Waals surface area (Å²) in [5.41, 5.74) is 3.86. The molecule has 1 aromatic carbocycles. The van der Waals surface area contributed by atoms with Crippen LogP contribution in [0, 0.1) is 13.8 Å². The van der Waals surface area contributed by atoms with E-state index in [1.807, 2.05) is 0 Å². The molecule has 0 saturated heterocycles. The summed E-state index contributed by atoms with van der Waals surface area (Å²) in [6.07, 6.45) is 6.82. The molecule has 2 N–H and O–H groups in total. The fraction of sp³-hybridized carbons (Fsp3) is 0.591. The molecule has 1 aliphatic heterocycles. The standard InChI is InChI=1S/C22H34N6.HI/c1-4-23-22(25-16-19-12-11-17(2)15-18(19)3)24-13-8-10-21-27-26-20-9-6-5-7-14-28(20)21;/h11-12,15H,4-10,13-14,16H2,1-3H3,(H2,23,24,25);1H. The van der Waals surface area contributed by atoms with Crippen LogP contribution in [-0.4, -0.2) is 33.8 Å². The number of nitrogens with one attached hydrogen (secondary N) is 2. The van der Waals surface area contributed by atoms with Crippen molar-refractivity contribution in [3.63, 3.8) is 0 Å². The van der Waals surface area contributed by atoms with Crippen molar-refractivity contribution in [1.82, 2.24) is 25.4 Å². The molecule has 1 aliphatic rings. The van der Waals surface area contributed by atoms with Gasteiger partial charge in [-0.1, -0.05) is 30.2 Å². The molecule has 6 nitrogen and oxygen atoms in total. The highest BCUT2D eigenvalue weighted by Gasteiger charge is 2.14. The van der Waals surface area contributed by atoms with E-state index in [0.29, 0.717) is 6.54 Å². The summed E-state index contributed by atoms with van der Waals surface area (Å²) in [6.45, 7) is 9.88. The van der Waals surface area contributed by atoms with Crippen LogP contribution in [0.2, 0.25) is 0 Å². The van der Waals surface area contributed by atoms with E-state index in [1.54, 1.807) is 0 Å². The summed E-state index contributed by atoms with van der Waals surface area (Å²) in [5, 5.41) is 15.6. The van der Waals surface area contributed by atoms with Gasteiger partial charge in [0.15, 0.2) is 5.96 Å². The SMILES string of the molecule is CCNC(=NCc1ccc(C)cc1C)NCCCc1nnc2n1CCCCC2.I. The Kier molecular flexibility index (Phi) is 9.90. The first-order valence-corrected chi connectivity index (χ1v) is 10.7. The van der Waals surface area contributed by atoms with Crippen molar-refractivity contribution in [2.45, 2.75) is 72.4 Å². The molecule has 0 bridgehead atoms. The fourth-order valence-electron chi connectivity index (χ4n) is 3.71. The lowest BCUT2D eigenvalue weighted by molar-refractivity contribution is 0.594. The predicted octanol–water partition coefficient (Wildman–Crippen LogP) is 3.93. The Hall–Kier alpha value is -1.64. The quantitative estimate of drug-likeness (QED) is 0.257. The van der Waals surface area contributed by atoms with Crippen LogP contribution in [0.5, 0.6) is 0 Å². The van der Waals surface area contributed by atoms with E-state index in [2.05, 4.69) is 64.4 Å². The molecule has 1 aromatic heterocycles. The Bertz CT molecular complexity index is 799. The van der Waals surface area contributed by atoms with Crippen LogP contribution in [0.1, 0.15) is 60.9 Å². The van der Waals surface area contributed by atoms with Crippen LogP contribution in [0.3, 0.4) is 0 Å². The number of fused-ring (bicyclic) bond motifs is 1. The smallest absolute Gasteiger partial charge is 0.191 e. The van der Waals surface area contributed by atoms with Gasteiger partial charge in [-0.2, -0.15) is 0 Å². The molecule has 0 radical (unpaired) electrons. The number of hydrogen-bond acceptors (Lipinski definition) is 3. The van der Waals surface area contributed by atoms with Crippen LogP contribution in [-0.2, 0) is 25.9 Å². The maximum atomic E-state index is 4.75. The van der Waals surface area contributed by atoms with E-state index >= 15 is 0 Å². The van der Waals surface area contributed by atoms with Gasteiger partial charge in [0.05, 0.1) is 6.54 Å². The van der Waals surface area contributed by atoms with Gasteiger partial charge in [0.25, 0.3) is 0 Å².